The van der Waals surface area contributed by atoms with E-state index in [1.54, 1.807) is 0 Å². The Kier molecular flexibility index (Phi) is 3.96. The van der Waals surface area contributed by atoms with Crippen LogP contribution >= 0.6 is 0 Å². The first kappa shape index (κ1) is 11.9. The Bertz CT molecular complexity index is 237. The maximum absolute atomic E-state index is 5.40. The van der Waals surface area contributed by atoms with Crippen molar-refractivity contribution in [3.63, 3.8) is 0 Å². The molecule has 2 heterocycles. The number of ether oxygens (including phenoxy) is 1. The Morgan fingerprint density at radius 3 is 2.71 bits per heavy atom. The molecule has 3 rings (SSSR count). The second-order valence-corrected chi connectivity index (χ2v) is 5.63. The summed E-state index contributed by atoms with van der Waals surface area (Å²) >= 11 is 0. The second-order valence-electron chi connectivity index (χ2n) is 5.63. The highest BCUT2D eigenvalue weighted by Gasteiger charge is 2.35. The van der Waals surface area contributed by atoms with E-state index in [0.717, 1.165) is 38.3 Å². The van der Waals surface area contributed by atoms with Gasteiger partial charge in [-0.2, -0.15) is 0 Å². The van der Waals surface area contributed by atoms with Crippen LogP contribution in [0.3, 0.4) is 0 Å². The minimum absolute atomic E-state index is 0.698. The van der Waals surface area contributed by atoms with E-state index in [1.807, 2.05) is 0 Å². The zero-order valence-electron chi connectivity index (χ0n) is 10.7. The maximum atomic E-state index is 5.40. The van der Waals surface area contributed by atoms with Crippen LogP contribution in [0.4, 0.5) is 0 Å². The molecule has 3 aliphatic rings. The summed E-state index contributed by atoms with van der Waals surface area (Å²) in [6, 6.07) is 1.47. The first-order valence-corrected chi connectivity index (χ1v) is 7.26. The van der Waals surface area contributed by atoms with Crippen molar-refractivity contribution in [2.45, 2.75) is 44.2 Å². The van der Waals surface area contributed by atoms with Gasteiger partial charge in [0.2, 0.25) is 0 Å². The first-order chi connectivity index (χ1) is 8.43. The molecule has 98 valence electrons. The maximum Gasteiger partial charge on any atom is 0.0608 e. The molecule has 17 heavy (non-hydrogen) atoms. The molecule has 4 nitrogen and oxygen atoms in total. The molecule has 0 amide bonds. The summed E-state index contributed by atoms with van der Waals surface area (Å²) in [5.41, 5.74) is 3.76. The van der Waals surface area contributed by atoms with E-state index in [9.17, 15) is 0 Å². The monoisotopic (exact) mass is 239 g/mol. The third kappa shape index (κ3) is 2.81. The minimum Gasteiger partial charge on any atom is -0.379 e. The van der Waals surface area contributed by atoms with E-state index in [1.165, 1.54) is 38.6 Å². The lowest BCUT2D eigenvalue weighted by molar-refractivity contribution is -0.00110. The quantitative estimate of drug-likeness (QED) is 0.762. The van der Waals surface area contributed by atoms with Crippen molar-refractivity contribution in [2.24, 2.45) is 5.92 Å². The summed E-state index contributed by atoms with van der Waals surface area (Å²) in [6.45, 7) is 5.08. The predicted octanol–water partition coefficient (Wildman–Crippen LogP) is 0.744. The van der Waals surface area contributed by atoms with E-state index in [4.69, 9.17) is 4.74 Å². The number of nitrogens with zero attached hydrogens (tertiary/aromatic N) is 1. The predicted molar refractivity (Wildman–Crippen MR) is 67.7 cm³/mol. The second kappa shape index (κ2) is 5.65. The van der Waals surface area contributed by atoms with Crippen LogP contribution in [-0.4, -0.2) is 49.9 Å². The van der Waals surface area contributed by atoms with Crippen LogP contribution in [0.5, 0.6) is 0 Å². The van der Waals surface area contributed by atoms with Crippen molar-refractivity contribution < 1.29 is 4.74 Å². The van der Waals surface area contributed by atoms with Crippen molar-refractivity contribution in [2.75, 3.05) is 32.8 Å². The molecule has 0 radical (unpaired) electrons. The summed E-state index contributed by atoms with van der Waals surface area (Å²) in [7, 11) is 0. The number of hydrogen-bond donors (Lipinski definition) is 2. The fourth-order valence-electron chi connectivity index (χ4n) is 3.63. The summed E-state index contributed by atoms with van der Waals surface area (Å²) in [4.78, 5) is 0. The van der Waals surface area contributed by atoms with Gasteiger partial charge in [-0.05, 0) is 38.1 Å². The van der Waals surface area contributed by atoms with Gasteiger partial charge in [0.25, 0.3) is 0 Å². The molecule has 3 unspecified atom stereocenters. The number of hydrazine groups is 1. The molecule has 0 aromatic carbocycles. The van der Waals surface area contributed by atoms with E-state index in [0.29, 0.717) is 6.04 Å². The minimum atomic E-state index is 0.698. The third-order valence-electron chi connectivity index (χ3n) is 4.54. The largest absolute Gasteiger partial charge is 0.379 e. The zero-order valence-corrected chi connectivity index (χ0v) is 10.7. The molecule has 3 atom stereocenters. The molecule has 0 aromatic heterocycles. The summed E-state index contributed by atoms with van der Waals surface area (Å²) in [5, 5.41) is 6.06. The van der Waals surface area contributed by atoms with E-state index >= 15 is 0 Å². The van der Waals surface area contributed by atoms with Crippen LogP contribution in [-0.2, 0) is 4.74 Å². The summed E-state index contributed by atoms with van der Waals surface area (Å²) in [6.07, 6.45) is 6.89. The molecular weight excluding hydrogens is 214 g/mol. The fraction of sp³-hybridized carbons (Fsp3) is 1.00. The van der Waals surface area contributed by atoms with Crippen LogP contribution in [0.25, 0.3) is 0 Å². The Labute approximate surface area is 104 Å². The Balaban J connectivity index is 1.53. The van der Waals surface area contributed by atoms with Gasteiger partial charge in [-0.15, -0.1) is 0 Å². The third-order valence-corrected chi connectivity index (χ3v) is 4.54. The Morgan fingerprint density at radius 2 is 1.94 bits per heavy atom. The molecule has 2 saturated heterocycles. The van der Waals surface area contributed by atoms with Gasteiger partial charge in [-0.1, -0.05) is 6.42 Å². The normalized spacial score (nSPS) is 39.9. The molecule has 2 aliphatic heterocycles. The molecular formula is C13H25N3O. The molecule has 4 heteroatoms. The molecule has 0 aromatic rings. The topological polar surface area (TPSA) is 36.5 Å². The highest BCUT2D eigenvalue weighted by molar-refractivity contribution is 4.92. The standard InChI is InChI=1S/C13H25N3O/c1-3-11(12-5-2-6-14-12)13(4-1)15-16-7-9-17-10-8-16/h11-15H,1-10H2. The van der Waals surface area contributed by atoms with Gasteiger partial charge in [0.05, 0.1) is 13.2 Å². The SMILES string of the molecule is C1CNC(C2CCCC2NN2CCOCC2)C1. The molecule has 1 saturated carbocycles. The van der Waals surface area contributed by atoms with Gasteiger partial charge >= 0.3 is 0 Å². The molecule has 3 fully saturated rings. The molecule has 0 spiro atoms. The average molecular weight is 239 g/mol. The van der Waals surface area contributed by atoms with E-state index < -0.39 is 0 Å². The van der Waals surface area contributed by atoms with Gasteiger partial charge in [0.15, 0.2) is 0 Å². The van der Waals surface area contributed by atoms with E-state index in [2.05, 4.69) is 15.8 Å². The number of hydrogen-bond acceptors (Lipinski definition) is 4. The summed E-state index contributed by atoms with van der Waals surface area (Å²) in [5.74, 6) is 0.848. The van der Waals surface area contributed by atoms with Crippen molar-refractivity contribution in [1.29, 1.82) is 0 Å². The Morgan fingerprint density at radius 1 is 1.06 bits per heavy atom. The van der Waals surface area contributed by atoms with Crippen LogP contribution in [0.15, 0.2) is 0 Å². The molecule has 2 N–H and O–H groups in total. The van der Waals surface area contributed by atoms with Crippen LogP contribution in [0, 0.1) is 5.92 Å². The van der Waals surface area contributed by atoms with Crippen molar-refractivity contribution in [3.8, 4) is 0 Å². The lowest BCUT2D eigenvalue weighted by atomic mass is 9.93. The van der Waals surface area contributed by atoms with E-state index in [-0.39, 0.29) is 0 Å². The number of nitrogens with one attached hydrogen (secondary N) is 2. The zero-order chi connectivity index (χ0) is 11.5. The van der Waals surface area contributed by atoms with Gasteiger partial charge in [-0.25, -0.2) is 5.01 Å². The van der Waals surface area contributed by atoms with Crippen molar-refractivity contribution in [1.82, 2.24) is 15.8 Å². The number of rotatable bonds is 3. The highest BCUT2D eigenvalue weighted by Crippen LogP contribution is 2.32. The van der Waals surface area contributed by atoms with Crippen molar-refractivity contribution in [3.05, 3.63) is 0 Å². The van der Waals surface area contributed by atoms with Crippen LogP contribution in [0.2, 0.25) is 0 Å². The van der Waals surface area contributed by atoms with Crippen molar-refractivity contribution >= 4 is 0 Å². The van der Waals surface area contributed by atoms with Gasteiger partial charge in [0, 0.05) is 25.2 Å². The highest BCUT2D eigenvalue weighted by atomic mass is 16.5. The number of morpholine rings is 1. The van der Waals surface area contributed by atoms with Gasteiger partial charge in [-0.3, -0.25) is 5.43 Å². The van der Waals surface area contributed by atoms with Crippen LogP contribution < -0.4 is 10.7 Å². The van der Waals surface area contributed by atoms with Gasteiger partial charge < -0.3 is 10.1 Å². The lowest BCUT2D eigenvalue weighted by Crippen LogP contribution is -2.53. The Hall–Kier alpha value is -0.160. The van der Waals surface area contributed by atoms with Gasteiger partial charge in [0.1, 0.15) is 0 Å². The lowest BCUT2D eigenvalue weighted by Gasteiger charge is -2.34. The molecule has 0 bridgehead atoms. The first-order valence-electron chi connectivity index (χ1n) is 7.26. The molecule has 1 aliphatic carbocycles. The fourth-order valence-corrected chi connectivity index (χ4v) is 3.63. The average Bonchev–Trinajstić information content (AvgIpc) is 3.00. The summed E-state index contributed by atoms with van der Waals surface area (Å²) < 4.78 is 5.40. The smallest absolute Gasteiger partial charge is 0.0608 e. The van der Waals surface area contributed by atoms with Crippen LogP contribution in [0.1, 0.15) is 32.1 Å².